The summed E-state index contributed by atoms with van der Waals surface area (Å²) < 4.78 is 1.17. The van der Waals surface area contributed by atoms with E-state index in [1.807, 2.05) is 0 Å². The summed E-state index contributed by atoms with van der Waals surface area (Å²) >= 11 is 3.81. The monoisotopic (exact) mass is 482 g/mol. The first-order valence-electron chi connectivity index (χ1n) is 11.5. The zero-order valence-corrected chi connectivity index (χ0v) is 19.5. The average molecular weight is 483 g/mol. The van der Waals surface area contributed by atoms with Crippen LogP contribution >= 0.6 is 15.9 Å². The maximum absolute atomic E-state index is 3.81. The highest BCUT2D eigenvalue weighted by Gasteiger charge is 2.50. The molecule has 2 aliphatic rings. The van der Waals surface area contributed by atoms with Crippen molar-refractivity contribution in [1.29, 1.82) is 0 Å². The van der Waals surface area contributed by atoms with Crippen molar-refractivity contribution in [2.45, 2.75) is 11.8 Å². The third kappa shape index (κ3) is 2.04. The van der Waals surface area contributed by atoms with Gasteiger partial charge in [-0.3, -0.25) is 0 Å². The van der Waals surface area contributed by atoms with Crippen LogP contribution in [0.3, 0.4) is 0 Å². The van der Waals surface area contributed by atoms with Crippen LogP contribution in [0.1, 0.15) is 33.4 Å². The van der Waals surface area contributed by atoms with Gasteiger partial charge in [0.05, 0.1) is 5.41 Å². The molecule has 154 valence electrons. The van der Waals surface area contributed by atoms with Crippen LogP contribution < -0.4 is 0 Å². The summed E-state index contributed by atoms with van der Waals surface area (Å²) in [6.45, 7) is 0. The molecule has 0 unspecified atom stereocenters. The average Bonchev–Trinajstić information content (AvgIpc) is 2.84. The van der Waals surface area contributed by atoms with Gasteiger partial charge in [0.25, 0.3) is 0 Å². The molecular formula is C32H19Br. The highest BCUT2D eigenvalue weighted by Crippen LogP contribution is 2.61. The van der Waals surface area contributed by atoms with E-state index in [9.17, 15) is 0 Å². The van der Waals surface area contributed by atoms with E-state index < -0.39 is 0 Å². The van der Waals surface area contributed by atoms with Gasteiger partial charge >= 0.3 is 0 Å². The van der Waals surface area contributed by atoms with E-state index in [1.54, 1.807) is 0 Å². The van der Waals surface area contributed by atoms with E-state index in [4.69, 9.17) is 0 Å². The second-order valence-corrected chi connectivity index (χ2v) is 10.2. The maximum atomic E-state index is 3.81. The summed E-state index contributed by atoms with van der Waals surface area (Å²) in [4.78, 5) is 0. The Morgan fingerprint density at radius 1 is 0.485 bits per heavy atom. The summed E-state index contributed by atoms with van der Waals surface area (Å²) in [5, 5.41) is 8.19. The zero-order valence-electron chi connectivity index (χ0n) is 17.9. The molecule has 2 aliphatic carbocycles. The highest BCUT2D eigenvalue weighted by molar-refractivity contribution is 9.10. The highest BCUT2D eigenvalue weighted by atomic mass is 79.9. The van der Waals surface area contributed by atoms with Gasteiger partial charge < -0.3 is 0 Å². The fourth-order valence-corrected chi connectivity index (χ4v) is 7.23. The Kier molecular flexibility index (Phi) is 3.35. The molecule has 0 bridgehead atoms. The molecule has 0 saturated carbocycles. The van der Waals surface area contributed by atoms with Crippen molar-refractivity contribution in [3.8, 4) is 0 Å². The van der Waals surface area contributed by atoms with Crippen molar-refractivity contribution < 1.29 is 0 Å². The predicted molar refractivity (Wildman–Crippen MR) is 141 cm³/mol. The Hall–Kier alpha value is -3.42. The van der Waals surface area contributed by atoms with Crippen LogP contribution in [0.15, 0.2) is 108 Å². The summed E-state index contributed by atoms with van der Waals surface area (Å²) in [5.74, 6) is 0. The number of rotatable bonds is 0. The fraction of sp³-hybridized carbons (Fsp3) is 0.0625. The van der Waals surface area contributed by atoms with Crippen molar-refractivity contribution in [2.75, 3.05) is 0 Å². The normalized spacial score (nSPS) is 14.9. The largest absolute Gasteiger partial charge is 0.0725 e. The van der Waals surface area contributed by atoms with Gasteiger partial charge in [-0.1, -0.05) is 113 Å². The van der Waals surface area contributed by atoms with Gasteiger partial charge in [-0.15, -0.1) is 0 Å². The summed E-state index contributed by atoms with van der Waals surface area (Å²) in [6, 6.07) is 38.8. The maximum Gasteiger partial charge on any atom is 0.0725 e. The van der Waals surface area contributed by atoms with Crippen molar-refractivity contribution in [3.05, 3.63) is 141 Å². The van der Waals surface area contributed by atoms with E-state index >= 15 is 0 Å². The Morgan fingerprint density at radius 2 is 0.970 bits per heavy atom. The van der Waals surface area contributed by atoms with Crippen LogP contribution in [0.2, 0.25) is 0 Å². The summed E-state index contributed by atoms with van der Waals surface area (Å²) in [7, 11) is 0. The lowest BCUT2D eigenvalue weighted by molar-refractivity contribution is 0.733. The van der Waals surface area contributed by atoms with Gasteiger partial charge in [0.1, 0.15) is 0 Å². The standard InChI is InChI=1S/C32H19Br/c33-28-17-16-27-31-23(28)12-5-15-26(31)32(27)24-13-3-8-19-6-1-10-21(29(19)24)18-22-11-2-7-20-9-4-14-25(32)30(20)22/h1-17H,18H2. The van der Waals surface area contributed by atoms with Gasteiger partial charge in [-0.2, -0.15) is 0 Å². The third-order valence-electron chi connectivity index (χ3n) is 7.97. The smallest absolute Gasteiger partial charge is 0.0613 e. The zero-order chi connectivity index (χ0) is 21.7. The lowest BCUT2D eigenvalue weighted by Gasteiger charge is -2.47. The molecule has 0 amide bonds. The van der Waals surface area contributed by atoms with Crippen molar-refractivity contribution in [1.82, 2.24) is 0 Å². The number of halogens is 1. The molecule has 0 nitrogen and oxygen atoms in total. The molecule has 1 spiro atoms. The minimum absolute atomic E-state index is 0.277. The van der Waals surface area contributed by atoms with Crippen LogP contribution in [0.4, 0.5) is 0 Å². The molecule has 0 saturated heterocycles. The lowest BCUT2D eigenvalue weighted by atomic mass is 9.54. The molecule has 1 heteroatoms. The molecule has 6 aromatic rings. The SMILES string of the molecule is Brc1ccc2c3c(cccc13)C21c2cccc3cccc(c23)Cc2cccc3cccc1c23. The van der Waals surface area contributed by atoms with E-state index in [2.05, 4.69) is 119 Å². The van der Waals surface area contributed by atoms with E-state index in [0.29, 0.717) is 0 Å². The predicted octanol–water partition coefficient (Wildman–Crippen LogP) is 8.51. The van der Waals surface area contributed by atoms with E-state index in [0.717, 1.165) is 6.42 Å². The minimum atomic E-state index is -0.277. The van der Waals surface area contributed by atoms with Crippen LogP contribution in [0.25, 0.3) is 32.3 Å². The lowest BCUT2D eigenvalue weighted by Crippen LogP contribution is -2.39. The summed E-state index contributed by atoms with van der Waals surface area (Å²) in [5.41, 5.74) is 8.23. The van der Waals surface area contributed by atoms with Crippen molar-refractivity contribution >= 4 is 48.2 Å². The number of benzene rings is 6. The third-order valence-corrected chi connectivity index (χ3v) is 8.66. The fourth-order valence-electron chi connectivity index (χ4n) is 6.77. The minimum Gasteiger partial charge on any atom is -0.0613 e. The summed E-state index contributed by atoms with van der Waals surface area (Å²) in [6.07, 6.45) is 0.955. The van der Waals surface area contributed by atoms with Crippen molar-refractivity contribution in [3.63, 3.8) is 0 Å². The Balaban J connectivity index is 1.67. The van der Waals surface area contributed by atoms with Crippen LogP contribution in [-0.4, -0.2) is 0 Å². The topological polar surface area (TPSA) is 0 Å². The van der Waals surface area contributed by atoms with Crippen LogP contribution in [-0.2, 0) is 11.8 Å². The molecule has 33 heavy (non-hydrogen) atoms. The van der Waals surface area contributed by atoms with Gasteiger partial charge in [0, 0.05) is 4.47 Å². The van der Waals surface area contributed by atoms with Gasteiger partial charge in [0.2, 0.25) is 0 Å². The van der Waals surface area contributed by atoms with Gasteiger partial charge in [-0.05, 0) is 78.2 Å². The number of fused-ring (bicyclic) bond motifs is 4. The Labute approximate surface area is 200 Å². The molecule has 0 aliphatic heterocycles. The van der Waals surface area contributed by atoms with Gasteiger partial charge in [0.15, 0.2) is 0 Å². The van der Waals surface area contributed by atoms with Crippen LogP contribution in [0.5, 0.6) is 0 Å². The van der Waals surface area contributed by atoms with Gasteiger partial charge in [-0.25, -0.2) is 0 Å². The Bertz CT molecular complexity index is 1700. The first kappa shape index (κ1) is 18.1. The molecule has 0 radical (unpaired) electrons. The van der Waals surface area contributed by atoms with Crippen molar-refractivity contribution in [2.24, 2.45) is 0 Å². The molecule has 0 atom stereocenters. The molecule has 0 heterocycles. The molecule has 0 fully saturated rings. The number of hydrogen-bond acceptors (Lipinski definition) is 0. The van der Waals surface area contributed by atoms with Crippen LogP contribution in [0, 0.1) is 0 Å². The molecule has 8 rings (SSSR count). The second kappa shape index (κ2) is 6.12. The molecule has 6 aromatic carbocycles. The molecule has 0 aromatic heterocycles. The Morgan fingerprint density at radius 3 is 1.58 bits per heavy atom. The first-order valence-corrected chi connectivity index (χ1v) is 12.3. The molecule has 0 N–H and O–H groups in total. The first-order chi connectivity index (χ1) is 16.3. The van der Waals surface area contributed by atoms with E-state index in [-0.39, 0.29) is 5.41 Å². The molecular weight excluding hydrogens is 464 g/mol. The second-order valence-electron chi connectivity index (χ2n) is 9.39. The van der Waals surface area contributed by atoms with E-state index in [1.165, 1.54) is 70.2 Å². The quantitative estimate of drug-likeness (QED) is 0.203. The number of hydrogen-bond donors (Lipinski definition) is 0.